The van der Waals surface area contributed by atoms with E-state index in [2.05, 4.69) is 44.9 Å². The normalized spacial score (nSPS) is 10.5. The third-order valence-electron chi connectivity index (χ3n) is 2.85. The number of hydrogen-bond acceptors (Lipinski definition) is 2. The second-order valence-corrected chi connectivity index (χ2v) is 5.59. The molecule has 0 aliphatic rings. The molecule has 0 aliphatic carbocycles. The van der Waals surface area contributed by atoms with Gasteiger partial charge in [0.2, 0.25) is 0 Å². The van der Waals surface area contributed by atoms with Gasteiger partial charge in [0.1, 0.15) is 5.82 Å². The largest absolute Gasteiger partial charge is 0.325 e. The molecule has 0 spiro atoms. The van der Waals surface area contributed by atoms with Crippen molar-refractivity contribution in [2.45, 2.75) is 19.8 Å². The number of halogens is 2. The molecule has 1 aromatic carbocycles. The monoisotopic (exact) mass is 338 g/mol. The Morgan fingerprint density at radius 2 is 2.00 bits per heavy atom. The van der Waals surface area contributed by atoms with Crippen LogP contribution < -0.4 is 4.90 Å². The summed E-state index contributed by atoms with van der Waals surface area (Å²) in [7, 11) is 0. The van der Waals surface area contributed by atoms with E-state index in [4.69, 9.17) is 11.6 Å². The molecule has 0 bridgehead atoms. The third-order valence-corrected chi connectivity index (χ3v) is 3.64. The molecule has 2 nitrogen and oxygen atoms in total. The van der Waals surface area contributed by atoms with Gasteiger partial charge in [-0.3, -0.25) is 0 Å². The lowest BCUT2D eigenvalue weighted by molar-refractivity contribution is 0.778. The van der Waals surface area contributed by atoms with Crippen molar-refractivity contribution in [1.29, 1.82) is 0 Å². The molecule has 0 saturated heterocycles. The predicted octanol–water partition coefficient (Wildman–Crippen LogP) is 5.44. The zero-order valence-electron chi connectivity index (χ0n) is 10.8. The molecular weight excluding hydrogens is 324 g/mol. The quantitative estimate of drug-likeness (QED) is 0.721. The number of para-hydroxylation sites is 1. The molecule has 0 atom stereocenters. The van der Waals surface area contributed by atoms with Gasteiger partial charge >= 0.3 is 0 Å². The Kier molecular flexibility index (Phi) is 5.23. The highest BCUT2D eigenvalue weighted by Gasteiger charge is 2.13. The van der Waals surface area contributed by atoms with E-state index >= 15 is 0 Å². The molecule has 1 heterocycles. The maximum absolute atomic E-state index is 5.96. The van der Waals surface area contributed by atoms with Crippen molar-refractivity contribution in [2.24, 2.45) is 0 Å². The van der Waals surface area contributed by atoms with Crippen LogP contribution in [0.15, 0.2) is 47.1 Å². The Morgan fingerprint density at radius 1 is 1.26 bits per heavy atom. The average Bonchev–Trinajstić information content (AvgIpc) is 2.42. The van der Waals surface area contributed by atoms with Crippen LogP contribution in [0, 0.1) is 0 Å². The summed E-state index contributed by atoms with van der Waals surface area (Å²) in [5.74, 6) is 0.907. The Balaban J connectivity index is 2.37. The lowest BCUT2D eigenvalue weighted by atomic mass is 10.2. The van der Waals surface area contributed by atoms with Crippen LogP contribution >= 0.6 is 27.5 Å². The summed E-state index contributed by atoms with van der Waals surface area (Å²) >= 11 is 9.51. The molecule has 2 aromatic rings. The van der Waals surface area contributed by atoms with Crippen molar-refractivity contribution in [3.63, 3.8) is 0 Å². The molecule has 100 valence electrons. The number of hydrogen-bond donors (Lipinski definition) is 0. The van der Waals surface area contributed by atoms with Gasteiger partial charge in [-0.1, -0.05) is 43.1 Å². The summed E-state index contributed by atoms with van der Waals surface area (Å²) in [6, 6.07) is 12.2. The number of nitrogens with zero attached hydrogens (tertiary/aromatic N) is 2. The fraction of sp³-hybridized carbons (Fsp3) is 0.267. The third kappa shape index (κ3) is 3.71. The predicted molar refractivity (Wildman–Crippen MR) is 85.3 cm³/mol. The second kappa shape index (κ2) is 6.92. The highest BCUT2D eigenvalue weighted by atomic mass is 79.9. The van der Waals surface area contributed by atoms with Crippen LogP contribution in [0.4, 0.5) is 11.5 Å². The molecule has 1 aromatic heterocycles. The van der Waals surface area contributed by atoms with E-state index in [0.29, 0.717) is 5.02 Å². The summed E-state index contributed by atoms with van der Waals surface area (Å²) in [5.41, 5.74) is 1.14. The molecule has 0 N–H and O–H groups in total. The van der Waals surface area contributed by atoms with Crippen molar-refractivity contribution in [3.05, 3.63) is 52.1 Å². The van der Waals surface area contributed by atoms with Crippen molar-refractivity contribution < 1.29 is 0 Å². The molecule has 19 heavy (non-hydrogen) atoms. The Labute approximate surface area is 127 Å². The minimum Gasteiger partial charge on any atom is -0.325 e. The summed E-state index contributed by atoms with van der Waals surface area (Å²) < 4.78 is 0.917. The fourth-order valence-electron chi connectivity index (χ4n) is 1.89. The van der Waals surface area contributed by atoms with Crippen LogP contribution in [0.2, 0.25) is 5.02 Å². The molecular formula is C15H16BrClN2. The van der Waals surface area contributed by atoms with Crippen LogP contribution in [-0.4, -0.2) is 11.5 Å². The number of aromatic nitrogens is 1. The Bertz CT molecular complexity index is 531. The molecule has 0 aliphatic heterocycles. The standard InChI is InChI=1S/C15H16BrClN2/c1-2-3-9-19(13-7-5-4-6-8-13)15-14(16)10-12(17)11-18-15/h4-8,10-11H,2-3,9H2,1H3. The first-order valence-electron chi connectivity index (χ1n) is 6.36. The van der Waals surface area contributed by atoms with Gasteiger partial charge < -0.3 is 4.90 Å². The van der Waals surface area contributed by atoms with Gasteiger partial charge in [0.05, 0.1) is 9.50 Å². The minimum absolute atomic E-state index is 0.638. The van der Waals surface area contributed by atoms with Crippen LogP contribution in [0.1, 0.15) is 19.8 Å². The Hall–Kier alpha value is -1.06. The zero-order valence-corrected chi connectivity index (χ0v) is 13.2. The Morgan fingerprint density at radius 3 is 2.63 bits per heavy atom. The number of rotatable bonds is 5. The van der Waals surface area contributed by atoms with Crippen molar-refractivity contribution in [2.75, 3.05) is 11.4 Å². The van der Waals surface area contributed by atoms with E-state index in [1.165, 1.54) is 0 Å². The number of unbranched alkanes of at least 4 members (excludes halogenated alkanes) is 1. The number of pyridine rings is 1. The molecule has 4 heteroatoms. The van der Waals surface area contributed by atoms with Gasteiger partial charge in [-0.05, 0) is 40.5 Å². The summed E-state index contributed by atoms with van der Waals surface area (Å²) in [4.78, 5) is 6.67. The van der Waals surface area contributed by atoms with E-state index < -0.39 is 0 Å². The number of anilines is 2. The molecule has 0 fully saturated rings. The molecule has 2 rings (SSSR count). The van der Waals surface area contributed by atoms with Gasteiger partial charge in [0.25, 0.3) is 0 Å². The fourth-order valence-corrected chi connectivity index (χ4v) is 2.74. The van der Waals surface area contributed by atoms with Gasteiger partial charge in [-0.2, -0.15) is 0 Å². The minimum atomic E-state index is 0.638. The van der Waals surface area contributed by atoms with E-state index in [1.54, 1.807) is 6.20 Å². The molecule has 0 saturated carbocycles. The first kappa shape index (κ1) is 14.4. The lowest BCUT2D eigenvalue weighted by Gasteiger charge is -2.24. The maximum Gasteiger partial charge on any atom is 0.147 e. The SMILES string of the molecule is CCCCN(c1ccccc1)c1ncc(Cl)cc1Br. The summed E-state index contributed by atoms with van der Waals surface area (Å²) in [6.07, 6.45) is 3.95. The maximum atomic E-state index is 5.96. The van der Waals surface area contributed by atoms with E-state index in [1.807, 2.05) is 24.3 Å². The smallest absolute Gasteiger partial charge is 0.147 e. The van der Waals surface area contributed by atoms with Crippen molar-refractivity contribution in [3.8, 4) is 0 Å². The van der Waals surface area contributed by atoms with Crippen LogP contribution in [-0.2, 0) is 0 Å². The van der Waals surface area contributed by atoms with E-state index in [-0.39, 0.29) is 0 Å². The molecule has 0 unspecified atom stereocenters. The number of benzene rings is 1. The van der Waals surface area contributed by atoms with Gasteiger partial charge in [-0.15, -0.1) is 0 Å². The second-order valence-electron chi connectivity index (χ2n) is 4.30. The topological polar surface area (TPSA) is 16.1 Å². The average molecular weight is 340 g/mol. The van der Waals surface area contributed by atoms with Gasteiger partial charge in [0.15, 0.2) is 0 Å². The first-order chi connectivity index (χ1) is 9.22. The van der Waals surface area contributed by atoms with Crippen LogP contribution in [0.25, 0.3) is 0 Å². The van der Waals surface area contributed by atoms with Gasteiger partial charge in [0, 0.05) is 18.4 Å². The van der Waals surface area contributed by atoms with Crippen LogP contribution in [0.3, 0.4) is 0 Å². The summed E-state index contributed by atoms with van der Waals surface area (Å²) in [6.45, 7) is 3.13. The highest BCUT2D eigenvalue weighted by molar-refractivity contribution is 9.10. The highest BCUT2D eigenvalue weighted by Crippen LogP contribution is 2.31. The zero-order chi connectivity index (χ0) is 13.7. The van der Waals surface area contributed by atoms with Crippen LogP contribution in [0.5, 0.6) is 0 Å². The molecule has 0 radical (unpaired) electrons. The lowest BCUT2D eigenvalue weighted by Crippen LogP contribution is -2.19. The van der Waals surface area contributed by atoms with Crippen molar-refractivity contribution >= 4 is 39.0 Å². The first-order valence-corrected chi connectivity index (χ1v) is 7.53. The molecule has 0 amide bonds. The van der Waals surface area contributed by atoms with E-state index in [0.717, 1.165) is 35.4 Å². The van der Waals surface area contributed by atoms with Gasteiger partial charge in [-0.25, -0.2) is 4.98 Å². The summed E-state index contributed by atoms with van der Waals surface area (Å²) in [5, 5.41) is 0.638. The van der Waals surface area contributed by atoms with E-state index in [9.17, 15) is 0 Å². The van der Waals surface area contributed by atoms with Crippen molar-refractivity contribution in [1.82, 2.24) is 4.98 Å².